The van der Waals surface area contributed by atoms with Gasteiger partial charge in [0.2, 0.25) is 5.91 Å². The number of carbonyl (C=O) groups excluding carboxylic acids is 2. The Morgan fingerprint density at radius 1 is 1.09 bits per heavy atom. The minimum Gasteiger partial charge on any atom is -0.383 e. The highest BCUT2D eigenvalue weighted by atomic mass is 16.5. The second-order valence-corrected chi connectivity index (χ2v) is 10.5. The van der Waals surface area contributed by atoms with Gasteiger partial charge in [-0.05, 0) is 49.4 Å². The Morgan fingerprint density at radius 2 is 1.89 bits per heavy atom. The van der Waals surface area contributed by atoms with Gasteiger partial charge < -0.3 is 21.1 Å². The number of aromatic nitrogens is 3. The minimum absolute atomic E-state index is 0.107. The Morgan fingerprint density at radius 3 is 2.68 bits per heavy atom. The number of nitrogen functional groups attached to an aromatic ring is 1. The van der Waals surface area contributed by atoms with Crippen molar-refractivity contribution in [3.8, 4) is 17.5 Å². The zero-order valence-electron chi connectivity index (χ0n) is 24.0. The molecule has 1 aliphatic rings. The number of nitrogens with one attached hydrogen (secondary N) is 2. The number of nitrogens with two attached hydrogens (primary N) is 1. The molecule has 4 N–H and O–H groups in total. The first kappa shape index (κ1) is 28.6. The lowest BCUT2D eigenvalue weighted by Gasteiger charge is -2.20. The predicted octanol–water partition coefficient (Wildman–Crippen LogP) is 3.65. The Kier molecular flexibility index (Phi) is 8.04. The van der Waals surface area contributed by atoms with Gasteiger partial charge in [0, 0.05) is 23.8 Å². The van der Waals surface area contributed by atoms with Gasteiger partial charge in [-0.3, -0.25) is 19.0 Å². The number of pyridine rings is 1. The molecule has 1 fully saturated rings. The highest BCUT2D eigenvalue weighted by molar-refractivity contribution is 6.10. The maximum absolute atomic E-state index is 14.2. The lowest BCUT2D eigenvalue weighted by atomic mass is 10.1. The molecule has 3 aromatic carbocycles. The third-order valence-corrected chi connectivity index (χ3v) is 7.53. The van der Waals surface area contributed by atoms with E-state index in [0.717, 1.165) is 11.8 Å². The van der Waals surface area contributed by atoms with Crippen LogP contribution in [0, 0.1) is 11.8 Å². The Balaban J connectivity index is 1.37. The molecule has 1 aliphatic heterocycles. The first-order valence-corrected chi connectivity index (χ1v) is 14.4. The van der Waals surface area contributed by atoms with Crippen molar-refractivity contribution in [3.63, 3.8) is 0 Å². The van der Waals surface area contributed by atoms with Crippen LogP contribution in [0.25, 0.3) is 27.4 Å². The molecular weight excluding hydrogens is 556 g/mol. The maximum Gasteiger partial charge on any atom is 0.267 e. The summed E-state index contributed by atoms with van der Waals surface area (Å²) in [5, 5.41) is 7.54. The lowest BCUT2D eigenvalue weighted by molar-refractivity contribution is -0.129. The molecule has 1 unspecified atom stereocenters. The van der Waals surface area contributed by atoms with E-state index in [2.05, 4.69) is 27.5 Å². The number of hydrogen-bond acceptors (Lipinski definition) is 7. The van der Waals surface area contributed by atoms with Gasteiger partial charge in [0.05, 0.1) is 34.7 Å². The molecule has 6 rings (SSSR count). The van der Waals surface area contributed by atoms with Gasteiger partial charge in [0.25, 0.3) is 11.5 Å². The van der Waals surface area contributed by atoms with Gasteiger partial charge in [-0.2, -0.15) is 0 Å². The van der Waals surface area contributed by atoms with Crippen molar-refractivity contribution in [2.45, 2.75) is 31.9 Å². The fourth-order valence-corrected chi connectivity index (χ4v) is 5.39. The number of rotatable bonds is 6. The van der Waals surface area contributed by atoms with Crippen molar-refractivity contribution in [2.24, 2.45) is 0 Å². The molecule has 0 saturated carbocycles. The Hall–Kier alpha value is -5.53. The van der Waals surface area contributed by atoms with Gasteiger partial charge in [-0.25, -0.2) is 9.97 Å². The number of amides is 2. The van der Waals surface area contributed by atoms with Crippen LogP contribution < -0.4 is 21.9 Å². The van der Waals surface area contributed by atoms with Crippen LogP contribution in [0.1, 0.15) is 47.6 Å². The van der Waals surface area contributed by atoms with Crippen LogP contribution in [0.3, 0.4) is 0 Å². The standard InChI is InChI=1S/C34H30N6O4/c1-21(38-33(42)29-25-15-6-5-10-23(25)20-37-30(29)35)31-39-26-16-7-11-22(12-8-18-36-32(41)27-17-9-19-44-27)28(26)34(43)40(31)24-13-3-2-4-14-24/h2-7,10-11,13-16,20-21,27H,9,17-19H2,1H3,(H2,35,37)(H,36,41)(H,38,42)/t21?,27-/m1/s1. The highest BCUT2D eigenvalue weighted by Gasteiger charge is 2.24. The molecule has 220 valence electrons. The van der Waals surface area contributed by atoms with Crippen molar-refractivity contribution >= 4 is 39.3 Å². The first-order chi connectivity index (χ1) is 21.4. The summed E-state index contributed by atoms with van der Waals surface area (Å²) in [5.74, 6) is 5.80. The number of nitrogens with zero attached hydrogens (tertiary/aromatic N) is 3. The molecule has 1 saturated heterocycles. The minimum atomic E-state index is -0.694. The number of para-hydroxylation sites is 1. The molecule has 2 aromatic heterocycles. The summed E-state index contributed by atoms with van der Waals surface area (Å²) in [6, 6.07) is 21.0. The molecule has 0 radical (unpaired) electrons. The summed E-state index contributed by atoms with van der Waals surface area (Å²) in [5.41, 5.74) is 7.57. The summed E-state index contributed by atoms with van der Waals surface area (Å²) >= 11 is 0. The molecule has 2 atom stereocenters. The highest BCUT2D eigenvalue weighted by Crippen LogP contribution is 2.24. The Labute approximate surface area is 253 Å². The van der Waals surface area contributed by atoms with E-state index in [1.54, 1.807) is 43.5 Å². The number of fused-ring (bicyclic) bond motifs is 2. The lowest BCUT2D eigenvalue weighted by Crippen LogP contribution is -2.34. The second-order valence-electron chi connectivity index (χ2n) is 10.5. The summed E-state index contributed by atoms with van der Waals surface area (Å²) in [4.78, 5) is 49.1. The van der Waals surface area contributed by atoms with Crippen LogP contribution in [0.15, 0.2) is 83.8 Å². The topological polar surface area (TPSA) is 141 Å². The number of benzene rings is 3. The van der Waals surface area contributed by atoms with E-state index in [4.69, 9.17) is 15.5 Å². The molecule has 0 aliphatic carbocycles. The number of carbonyl (C=O) groups is 2. The summed E-state index contributed by atoms with van der Waals surface area (Å²) in [6.07, 6.45) is 2.74. The van der Waals surface area contributed by atoms with E-state index < -0.39 is 18.1 Å². The summed E-state index contributed by atoms with van der Waals surface area (Å²) < 4.78 is 6.90. The predicted molar refractivity (Wildman–Crippen MR) is 168 cm³/mol. The summed E-state index contributed by atoms with van der Waals surface area (Å²) in [6.45, 7) is 2.46. The van der Waals surface area contributed by atoms with Crippen molar-refractivity contribution in [3.05, 3.63) is 106 Å². The van der Waals surface area contributed by atoms with Crippen LogP contribution in [-0.2, 0) is 9.53 Å². The normalized spacial score (nSPS) is 15.0. The molecular formula is C34H30N6O4. The third kappa shape index (κ3) is 5.61. The SMILES string of the molecule is CC(NC(=O)c1c(N)ncc2ccccc12)c1nc2cccc(C#CCNC(=O)[C@H]3CCCO3)c2c(=O)n1-c1ccccc1. The van der Waals surface area contributed by atoms with Gasteiger partial charge in [-0.1, -0.05) is 60.4 Å². The van der Waals surface area contributed by atoms with Gasteiger partial charge in [0.15, 0.2) is 0 Å². The van der Waals surface area contributed by atoms with E-state index in [0.29, 0.717) is 46.4 Å². The molecule has 10 nitrogen and oxygen atoms in total. The second kappa shape index (κ2) is 12.4. The molecule has 5 aromatic rings. The zero-order valence-corrected chi connectivity index (χ0v) is 24.0. The number of ether oxygens (including phenoxy) is 1. The molecule has 3 heterocycles. The fraction of sp³-hybridized carbons (Fsp3) is 0.206. The van der Waals surface area contributed by atoms with Crippen molar-refractivity contribution in [1.82, 2.24) is 25.2 Å². The first-order valence-electron chi connectivity index (χ1n) is 14.4. The Bertz CT molecular complexity index is 2010. The monoisotopic (exact) mass is 586 g/mol. The summed E-state index contributed by atoms with van der Waals surface area (Å²) in [7, 11) is 0. The van der Waals surface area contributed by atoms with E-state index in [1.165, 1.54) is 4.57 Å². The van der Waals surface area contributed by atoms with Gasteiger partial charge in [0.1, 0.15) is 17.7 Å². The van der Waals surface area contributed by atoms with Crippen LogP contribution in [0.4, 0.5) is 5.82 Å². The zero-order chi connectivity index (χ0) is 30.6. The van der Waals surface area contributed by atoms with Crippen LogP contribution >= 0.6 is 0 Å². The number of hydrogen-bond donors (Lipinski definition) is 3. The van der Waals surface area contributed by atoms with Crippen molar-refractivity contribution in [1.29, 1.82) is 0 Å². The molecule has 44 heavy (non-hydrogen) atoms. The van der Waals surface area contributed by atoms with Crippen LogP contribution in [0.2, 0.25) is 0 Å². The molecule has 0 spiro atoms. The van der Waals surface area contributed by atoms with E-state index in [-0.39, 0.29) is 29.4 Å². The van der Waals surface area contributed by atoms with Crippen LogP contribution in [0.5, 0.6) is 0 Å². The smallest absolute Gasteiger partial charge is 0.267 e. The fourth-order valence-electron chi connectivity index (χ4n) is 5.39. The van der Waals surface area contributed by atoms with Crippen molar-refractivity contribution in [2.75, 3.05) is 18.9 Å². The molecule has 0 bridgehead atoms. The number of anilines is 1. The van der Waals surface area contributed by atoms with E-state index in [9.17, 15) is 14.4 Å². The van der Waals surface area contributed by atoms with E-state index in [1.807, 2.05) is 42.5 Å². The van der Waals surface area contributed by atoms with Gasteiger partial charge in [-0.15, -0.1) is 0 Å². The largest absolute Gasteiger partial charge is 0.383 e. The third-order valence-electron chi connectivity index (χ3n) is 7.53. The van der Waals surface area contributed by atoms with Gasteiger partial charge >= 0.3 is 0 Å². The van der Waals surface area contributed by atoms with Crippen LogP contribution in [-0.4, -0.2) is 45.6 Å². The molecule has 10 heteroatoms. The van der Waals surface area contributed by atoms with E-state index >= 15 is 0 Å². The quantitative estimate of drug-likeness (QED) is 0.258. The average molecular weight is 587 g/mol. The van der Waals surface area contributed by atoms with Crippen molar-refractivity contribution < 1.29 is 14.3 Å². The maximum atomic E-state index is 14.2. The molecule has 2 amide bonds. The average Bonchev–Trinajstić information content (AvgIpc) is 3.58.